The van der Waals surface area contributed by atoms with E-state index in [2.05, 4.69) is 24.0 Å². The highest BCUT2D eigenvalue weighted by Gasteiger charge is 2.18. The van der Waals surface area contributed by atoms with Crippen LogP contribution in [-0.2, 0) is 12.3 Å². The first-order valence-electron chi connectivity index (χ1n) is 11.2. The molecule has 0 radical (unpaired) electrons. The van der Waals surface area contributed by atoms with Crippen LogP contribution in [0.1, 0.15) is 50.0 Å². The average molecular weight is 465 g/mol. The quantitative estimate of drug-likeness (QED) is 0.257. The molecule has 0 aliphatic rings. The van der Waals surface area contributed by atoms with Crippen molar-refractivity contribution in [1.82, 2.24) is 19.2 Å². The Balaban J connectivity index is 1.78. The molecule has 0 saturated heterocycles. The SMILES string of the molecule is CCOc1ccc(C(C)=O)cc1CSc1nnc2n(CCC(C)C)c(=O)c3ccccc3n12. The van der Waals surface area contributed by atoms with Crippen LogP contribution in [0.2, 0.25) is 0 Å². The molecule has 8 heteroatoms. The molecule has 4 rings (SSSR count). The summed E-state index contributed by atoms with van der Waals surface area (Å²) in [6.07, 6.45) is 0.874. The van der Waals surface area contributed by atoms with Gasteiger partial charge in [0, 0.05) is 23.4 Å². The van der Waals surface area contributed by atoms with Gasteiger partial charge in [-0.2, -0.15) is 0 Å². The Bertz CT molecular complexity index is 1370. The first kappa shape index (κ1) is 23.0. The van der Waals surface area contributed by atoms with E-state index >= 15 is 0 Å². The topological polar surface area (TPSA) is 78.5 Å². The summed E-state index contributed by atoms with van der Waals surface area (Å²) >= 11 is 1.51. The summed E-state index contributed by atoms with van der Waals surface area (Å²) in [4.78, 5) is 25.1. The highest BCUT2D eigenvalue weighted by Crippen LogP contribution is 2.30. The molecule has 0 N–H and O–H groups in total. The van der Waals surface area contributed by atoms with Crippen LogP contribution in [0, 0.1) is 5.92 Å². The summed E-state index contributed by atoms with van der Waals surface area (Å²) in [7, 11) is 0. The first-order valence-corrected chi connectivity index (χ1v) is 12.1. The minimum absolute atomic E-state index is 0.0115. The second kappa shape index (κ2) is 9.79. The van der Waals surface area contributed by atoms with E-state index in [1.807, 2.05) is 47.7 Å². The van der Waals surface area contributed by atoms with Crippen molar-refractivity contribution in [2.45, 2.75) is 51.6 Å². The summed E-state index contributed by atoms with van der Waals surface area (Å²) in [5.41, 5.74) is 2.31. The number of rotatable bonds is 9. The Kier molecular flexibility index (Phi) is 6.83. The van der Waals surface area contributed by atoms with Crippen LogP contribution in [0.25, 0.3) is 16.7 Å². The Labute approximate surface area is 196 Å². The number of hydrogen-bond donors (Lipinski definition) is 0. The van der Waals surface area contributed by atoms with Crippen molar-refractivity contribution in [2.75, 3.05) is 6.61 Å². The van der Waals surface area contributed by atoms with Gasteiger partial charge in [-0.3, -0.25) is 18.6 Å². The minimum Gasteiger partial charge on any atom is -0.494 e. The third-order valence-electron chi connectivity index (χ3n) is 5.53. The van der Waals surface area contributed by atoms with Crippen molar-refractivity contribution in [3.63, 3.8) is 0 Å². The molecular weight excluding hydrogens is 436 g/mol. The monoisotopic (exact) mass is 464 g/mol. The van der Waals surface area contributed by atoms with E-state index in [-0.39, 0.29) is 11.3 Å². The molecule has 0 amide bonds. The molecule has 0 aliphatic heterocycles. The van der Waals surface area contributed by atoms with E-state index in [4.69, 9.17) is 4.74 Å². The van der Waals surface area contributed by atoms with E-state index in [1.165, 1.54) is 11.8 Å². The number of hydrogen-bond acceptors (Lipinski definition) is 6. The molecule has 0 unspecified atom stereocenters. The fourth-order valence-electron chi connectivity index (χ4n) is 3.77. The number of aryl methyl sites for hydroxylation is 1. The van der Waals surface area contributed by atoms with E-state index < -0.39 is 0 Å². The molecule has 2 heterocycles. The van der Waals surface area contributed by atoms with Gasteiger partial charge in [0.1, 0.15) is 5.75 Å². The maximum Gasteiger partial charge on any atom is 0.262 e. The van der Waals surface area contributed by atoms with Crippen molar-refractivity contribution in [3.05, 3.63) is 63.9 Å². The van der Waals surface area contributed by atoms with Gasteiger partial charge in [-0.25, -0.2) is 0 Å². The molecule has 0 spiro atoms. The predicted octanol–water partition coefficient (Wildman–Crippen LogP) is 4.98. The van der Waals surface area contributed by atoms with E-state index in [9.17, 15) is 9.59 Å². The summed E-state index contributed by atoms with van der Waals surface area (Å²) in [5.74, 6) is 2.33. The van der Waals surface area contributed by atoms with Crippen molar-refractivity contribution < 1.29 is 9.53 Å². The first-order chi connectivity index (χ1) is 15.9. The fraction of sp³-hybridized carbons (Fsp3) is 0.360. The lowest BCUT2D eigenvalue weighted by molar-refractivity contribution is 0.101. The van der Waals surface area contributed by atoms with Crippen LogP contribution in [0.15, 0.2) is 52.4 Å². The number of carbonyl (C=O) groups excluding carboxylic acids is 1. The Morgan fingerprint density at radius 2 is 1.94 bits per heavy atom. The maximum absolute atomic E-state index is 13.2. The van der Waals surface area contributed by atoms with Gasteiger partial charge >= 0.3 is 0 Å². The zero-order chi connectivity index (χ0) is 23.5. The largest absolute Gasteiger partial charge is 0.494 e. The Morgan fingerprint density at radius 1 is 1.15 bits per heavy atom. The lowest BCUT2D eigenvalue weighted by Gasteiger charge is -2.13. The molecule has 0 aliphatic carbocycles. The average Bonchev–Trinajstić information content (AvgIpc) is 3.22. The zero-order valence-electron chi connectivity index (χ0n) is 19.4. The van der Waals surface area contributed by atoms with E-state index in [1.54, 1.807) is 17.6 Å². The lowest BCUT2D eigenvalue weighted by Crippen LogP contribution is -2.24. The molecule has 0 saturated carbocycles. The number of Topliss-reactive ketones (excluding diaryl/α,β-unsaturated/α-hetero) is 1. The number of para-hydroxylation sites is 1. The molecule has 33 heavy (non-hydrogen) atoms. The van der Waals surface area contributed by atoms with Crippen molar-refractivity contribution in [2.24, 2.45) is 5.92 Å². The number of ketones is 1. The van der Waals surface area contributed by atoms with Crippen molar-refractivity contribution >= 4 is 34.2 Å². The summed E-state index contributed by atoms with van der Waals surface area (Å²) in [5, 5.41) is 10.2. The molecule has 4 aromatic rings. The van der Waals surface area contributed by atoms with Gasteiger partial charge in [0.05, 0.1) is 17.5 Å². The van der Waals surface area contributed by atoms with Crippen molar-refractivity contribution in [1.29, 1.82) is 0 Å². The number of nitrogens with zero attached hydrogens (tertiary/aromatic N) is 4. The van der Waals surface area contributed by atoms with Crippen LogP contribution >= 0.6 is 11.8 Å². The van der Waals surface area contributed by atoms with Crippen molar-refractivity contribution in [3.8, 4) is 5.75 Å². The van der Waals surface area contributed by atoms with Gasteiger partial charge in [-0.05, 0) is 56.5 Å². The van der Waals surface area contributed by atoms with Gasteiger partial charge < -0.3 is 4.74 Å². The maximum atomic E-state index is 13.2. The second-order valence-corrected chi connectivity index (χ2v) is 9.32. The van der Waals surface area contributed by atoms with Gasteiger partial charge in [-0.1, -0.05) is 37.7 Å². The smallest absolute Gasteiger partial charge is 0.262 e. The van der Waals surface area contributed by atoms with Crippen LogP contribution in [0.4, 0.5) is 0 Å². The van der Waals surface area contributed by atoms with Crippen LogP contribution < -0.4 is 10.3 Å². The van der Waals surface area contributed by atoms with E-state index in [0.717, 1.165) is 23.3 Å². The summed E-state index contributed by atoms with van der Waals surface area (Å²) in [6.45, 7) is 8.89. The third kappa shape index (κ3) is 4.66. The third-order valence-corrected chi connectivity index (χ3v) is 6.51. The number of carbonyl (C=O) groups is 1. The molecular formula is C25H28N4O3S. The summed E-state index contributed by atoms with van der Waals surface area (Å²) in [6, 6.07) is 13.1. The van der Waals surface area contributed by atoms with Gasteiger partial charge in [-0.15, -0.1) is 10.2 Å². The molecule has 2 aromatic carbocycles. The zero-order valence-corrected chi connectivity index (χ0v) is 20.2. The number of thioether (sulfide) groups is 1. The van der Waals surface area contributed by atoms with Gasteiger partial charge in [0.25, 0.3) is 5.56 Å². The molecule has 172 valence electrons. The molecule has 7 nitrogen and oxygen atoms in total. The molecule has 0 fully saturated rings. The Morgan fingerprint density at radius 3 is 2.67 bits per heavy atom. The highest BCUT2D eigenvalue weighted by atomic mass is 32.2. The highest BCUT2D eigenvalue weighted by molar-refractivity contribution is 7.98. The fourth-order valence-corrected chi connectivity index (χ4v) is 4.68. The Hall–Kier alpha value is -3.13. The number of benzene rings is 2. The predicted molar refractivity (Wildman–Crippen MR) is 131 cm³/mol. The molecule has 2 aromatic heterocycles. The van der Waals surface area contributed by atoms with Crippen LogP contribution in [0.5, 0.6) is 5.75 Å². The number of ether oxygens (including phenoxy) is 1. The lowest BCUT2D eigenvalue weighted by atomic mass is 10.1. The number of aromatic nitrogens is 4. The molecule has 0 bridgehead atoms. The van der Waals surface area contributed by atoms with Crippen LogP contribution in [-0.4, -0.2) is 31.6 Å². The minimum atomic E-state index is -0.0458. The molecule has 0 atom stereocenters. The van der Waals surface area contributed by atoms with E-state index in [0.29, 0.717) is 46.7 Å². The normalized spacial score (nSPS) is 11.5. The van der Waals surface area contributed by atoms with Gasteiger partial charge in [0.15, 0.2) is 10.9 Å². The summed E-state index contributed by atoms with van der Waals surface area (Å²) < 4.78 is 9.45. The van der Waals surface area contributed by atoms with Gasteiger partial charge in [0.2, 0.25) is 5.78 Å². The number of fused-ring (bicyclic) bond motifs is 3. The standard InChI is InChI=1S/C25H28N4O3S/c1-5-32-22-11-10-18(17(4)30)14-19(22)15-33-25-27-26-24-28(13-12-16(2)3)23(31)20-8-6-7-9-21(20)29(24)25/h6-11,14,16H,5,12-13,15H2,1-4H3. The second-order valence-electron chi connectivity index (χ2n) is 8.37. The van der Waals surface area contributed by atoms with Crippen LogP contribution in [0.3, 0.4) is 0 Å².